The number of aromatic nitrogens is 1. The van der Waals surface area contributed by atoms with Gasteiger partial charge in [0.25, 0.3) is 0 Å². The van der Waals surface area contributed by atoms with Crippen molar-refractivity contribution in [2.45, 2.75) is 19.6 Å². The first kappa shape index (κ1) is 19.9. The van der Waals surface area contributed by atoms with Gasteiger partial charge in [0.1, 0.15) is 24.3 Å². The van der Waals surface area contributed by atoms with Crippen LogP contribution in [-0.4, -0.2) is 33.5 Å². The Balaban J connectivity index is 1.84. The highest BCUT2D eigenvalue weighted by molar-refractivity contribution is 6.33. The molecule has 0 aliphatic heterocycles. The van der Waals surface area contributed by atoms with Gasteiger partial charge in [0.2, 0.25) is 0 Å². The van der Waals surface area contributed by atoms with E-state index in [1.807, 2.05) is 6.07 Å². The first-order valence-electron chi connectivity index (χ1n) is 8.61. The van der Waals surface area contributed by atoms with E-state index in [-0.39, 0.29) is 24.5 Å². The number of benzene rings is 2. The van der Waals surface area contributed by atoms with Crippen molar-refractivity contribution in [1.82, 2.24) is 4.57 Å². The van der Waals surface area contributed by atoms with Gasteiger partial charge >= 0.3 is 5.97 Å². The van der Waals surface area contributed by atoms with E-state index in [0.717, 1.165) is 0 Å². The first-order valence-corrected chi connectivity index (χ1v) is 8.99. The van der Waals surface area contributed by atoms with E-state index in [4.69, 9.17) is 16.3 Å². The van der Waals surface area contributed by atoms with Gasteiger partial charge in [-0.2, -0.15) is 0 Å². The topological polar surface area (TPSA) is 71.7 Å². The van der Waals surface area contributed by atoms with Crippen LogP contribution in [0.15, 0.2) is 54.7 Å². The number of rotatable bonds is 7. The van der Waals surface area contributed by atoms with E-state index < -0.39 is 12.1 Å². The van der Waals surface area contributed by atoms with E-state index in [1.165, 1.54) is 30.5 Å². The van der Waals surface area contributed by atoms with Crippen LogP contribution in [0.3, 0.4) is 0 Å². The summed E-state index contributed by atoms with van der Waals surface area (Å²) in [5, 5.41) is 20.3. The summed E-state index contributed by atoms with van der Waals surface area (Å²) in [5.74, 6) is -0.996. The van der Waals surface area contributed by atoms with Crippen molar-refractivity contribution >= 4 is 17.6 Å². The molecule has 3 aromatic rings. The van der Waals surface area contributed by atoms with Crippen molar-refractivity contribution in [2.75, 3.05) is 6.61 Å². The lowest BCUT2D eigenvalue weighted by Crippen LogP contribution is -2.23. The Bertz CT molecular complexity index is 985. The average Bonchev–Trinajstić information content (AvgIpc) is 2.98. The fourth-order valence-corrected chi connectivity index (χ4v) is 3.26. The fourth-order valence-electron chi connectivity index (χ4n) is 3.03. The Hall–Kier alpha value is -2.83. The van der Waals surface area contributed by atoms with Crippen molar-refractivity contribution in [3.05, 3.63) is 76.7 Å². The summed E-state index contributed by atoms with van der Waals surface area (Å²) in [4.78, 5) is 11.6. The molecule has 0 spiro atoms. The molecule has 1 atom stereocenters. The van der Waals surface area contributed by atoms with Gasteiger partial charge in [-0.25, -0.2) is 9.18 Å². The monoisotopic (exact) mass is 403 g/mol. The molecule has 146 valence electrons. The van der Waals surface area contributed by atoms with Gasteiger partial charge in [-0.05, 0) is 42.8 Å². The molecule has 0 saturated carbocycles. The van der Waals surface area contributed by atoms with Crippen molar-refractivity contribution < 1.29 is 24.1 Å². The van der Waals surface area contributed by atoms with Crippen LogP contribution in [0.5, 0.6) is 5.75 Å². The van der Waals surface area contributed by atoms with E-state index in [2.05, 4.69) is 0 Å². The number of carboxylic acid groups (broad SMARTS) is 1. The summed E-state index contributed by atoms with van der Waals surface area (Å²) in [5.41, 5.74) is 2.01. The maximum Gasteiger partial charge on any atom is 0.337 e. The number of carbonyl (C=O) groups is 1. The Kier molecular flexibility index (Phi) is 6.02. The van der Waals surface area contributed by atoms with Gasteiger partial charge in [-0.1, -0.05) is 29.8 Å². The molecule has 0 aliphatic carbocycles. The maximum atomic E-state index is 12.9. The standard InChI is InChI=1S/C21H19ClFNO4/c1-13-18(21(26)27)11-24(20(13)17-4-2-3-5-19(17)22)10-15(25)12-28-16-8-6-14(23)7-9-16/h2-9,11,15,25H,10,12H2,1H3,(H,26,27). The van der Waals surface area contributed by atoms with Crippen molar-refractivity contribution in [1.29, 1.82) is 0 Å². The third-order valence-electron chi connectivity index (χ3n) is 4.35. The first-order chi connectivity index (χ1) is 13.4. The second-order valence-corrected chi connectivity index (χ2v) is 6.78. The molecule has 0 amide bonds. The molecule has 5 nitrogen and oxygen atoms in total. The lowest BCUT2D eigenvalue weighted by Gasteiger charge is -2.17. The molecular formula is C21H19ClFNO4. The molecule has 1 heterocycles. The van der Waals surface area contributed by atoms with Crippen LogP contribution in [-0.2, 0) is 6.54 Å². The number of aromatic carboxylic acids is 1. The molecule has 3 rings (SSSR count). The molecule has 28 heavy (non-hydrogen) atoms. The van der Waals surface area contributed by atoms with Gasteiger partial charge in [0, 0.05) is 16.8 Å². The highest BCUT2D eigenvalue weighted by Crippen LogP contribution is 2.33. The third-order valence-corrected chi connectivity index (χ3v) is 4.68. The Labute approximate surface area is 166 Å². The highest BCUT2D eigenvalue weighted by atomic mass is 35.5. The minimum atomic E-state index is -1.05. The normalized spacial score (nSPS) is 12.0. The van der Waals surface area contributed by atoms with Gasteiger partial charge in [-0.3, -0.25) is 0 Å². The molecule has 2 N–H and O–H groups in total. The van der Waals surface area contributed by atoms with Crippen LogP contribution >= 0.6 is 11.6 Å². The van der Waals surface area contributed by atoms with Crippen LogP contribution in [0, 0.1) is 12.7 Å². The van der Waals surface area contributed by atoms with E-state index in [0.29, 0.717) is 27.6 Å². The SMILES string of the molecule is Cc1c(C(=O)O)cn(CC(O)COc2ccc(F)cc2)c1-c1ccccc1Cl. The minimum Gasteiger partial charge on any atom is -0.491 e. The van der Waals surface area contributed by atoms with Gasteiger partial charge in [0.15, 0.2) is 0 Å². The number of carboxylic acids is 1. The summed E-state index contributed by atoms with van der Waals surface area (Å²) in [6.07, 6.45) is 0.567. The molecule has 0 bridgehead atoms. The largest absolute Gasteiger partial charge is 0.491 e. The predicted octanol–water partition coefficient (Wildman–Crippen LogP) is 4.39. The van der Waals surface area contributed by atoms with Gasteiger partial charge in [-0.15, -0.1) is 0 Å². The molecular weight excluding hydrogens is 385 g/mol. The van der Waals surface area contributed by atoms with Crippen LogP contribution in [0.4, 0.5) is 4.39 Å². The molecule has 0 aliphatic rings. The lowest BCUT2D eigenvalue weighted by atomic mass is 10.1. The minimum absolute atomic E-state index is 0.0345. The van der Waals surface area contributed by atoms with E-state index in [9.17, 15) is 19.4 Å². The summed E-state index contributed by atoms with van der Waals surface area (Å²) >= 11 is 6.30. The zero-order valence-electron chi connectivity index (χ0n) is 15.1. The zero-order valence-corrected chi connectivity index (χ0v) is 15.9. The zero-order chi connectivity index (χ0) is 20.3. The third kappa shape index (κ3) is 4.35. The predicted molar refractivity (Wildman–Crippen MR) is 104 cm³/mol. The quantitative estimate of drug-likeness (QED) is 0.613. The second-order valence-electron chi connectivity index (χ2n) is 6.37. The molecule has 0 fully saturated rings. The van der Waals surface area contributed by atoms with Crippen molar-refractivity contribution in [3.63, 3.8) is 0 Å². The Morgan fingerprint density at radius 1 is 1.21 bits per heavy atom. The molecule has 1 aromatic heterocycles. The average molecular weight is 404 g/mol. The van der Waals surface area contributed by atoms with Crippen molar-refractivity contribution in [2.24, 2.45) is 0 Å². The van der Waals surface area contributed by atoms with Crippen LogP contribution in [0.2, 0.25) is 5.02 Å². The number of nitrogens with zero attached hydrogens (tertiary/aromatic N) is 1. The van der Waals surface area contributed by atoms with E-state index in [1.54, 1.807) is 29.7 Å². The van der Waals surface area contributed by atoms with Gasteiger partial charge in [0.05, 0.1) is 17.8 Å². The number of ether oxygens (including phenoxy) is 1. The Morgan fingerprint density at radius 2 is 1.89 bits per heavy atom. The fraction of sp³-hybridized carbons (Fsp3) is 0.190. The number of hydrogen-bond donors (Lipinski definition) is 2. The molecule has 0 radical (unpaired) electrons. The number of aliphatic hydroxyl groups is 1. The smallest absolute Gasteiger partial charge is 0.337 e. The molecule has 0 saturated heterocycles. The van der Waals surface area contributed by atoms with Gasteiger partial charge < -0.3 is 19.5 Å². The summed E-state index contributed by atoms with van der Waals surface area (Å²) in [6.45, 7) is 1.78. The molecule has 1 unspecified atom stereocenters. The van der Waals surface area contributed by atoms with Crippen LogP contribution in [0.1, 0.15) is 15.9 Å². The van der Waals surface area contributed by atoms with E-state index >= 15 is 0 Å². The number of halogens is 2. The lowest BCUT2D eigenvalue weighted by molar-refractivity contribution is 0.0695. The second kappa shape index (κ2) is 8.46. The summed E-state index contributed by atoms with van der Waals surface area (Å²) < 4.78 is 20.1. The molecule has 7 heteroatoms. The molecule has 2 aromatic carbocycles. The summed E-state index contributed by atoms with van der Waals surface area (Å²) in [7, 11) is 0. The number of hydrogen-bond acceptors (Lipinski definition) is 3. The maximum absolute atomic E-state index is 12.9. The number of aliphatic hydroxyl groups excluding tert-OH is 1. The Morgan fingerprint density at radius 3 is 2.54 bits per heavy atom. The summed E-state index contributed by atoms with van der Waals surface area (Å²) in [6, 6.07) is 12.6. The van der Waals surface area contributed by atoms with Crippen LogP contribution in [0.25, 0.3) is 11.3 Å². The van der Waals surface area contributed by atoms with Crippen molar-refractivity contribution in [3.8, 4) is 17.0 Å². The highest BCUT2D eigenvalue weighted by Gasteiger charge is 2.21. The van der Waals surface area contributed by atoms with Crippen LogP contribution < -0.4 is 4.74 Å².